The van der Waals surface area contributed by atoms with E-state index in [-0.39, 0.29) is 5.75 Å². The molecule has 0 saturated carbocycles. The number of nitrogens with zero attached hydrogens (tertiary/aromatic N) is 2. The van der Waals surface area contributed by atoms with Crippen molar-refractivity contribution in [2.24, 2.45) is 0 Å². The monoisotopic (exact) mass is 262 g/mol. The van der Waals surface area contributed by atoms with Crippen LogP contribution < -0.4 is 0 Å². The van der Waals surface area contributed by atoms with Crippen LogP contribution in [0.5, 0.6) is 5.75 Å². The standard InChI is InChI=1S/C17H14N2O/c20-17-14(15-8-4-5-10-18-15)9-11-19-16(17)12-13-6-2-1-3-7-13/h1-11,20H,12H2. The molecule has 0 atom stereocenters. The average Bonchev–Trinajstić information content (AvgIpc) is 2.51. The summed E-state index contributed by atoms with van der Waals surface area (Å²) in [6.07, 6.45) is 4.03. The maximum absolute atomic E-state index is 10.4. The summed E-state index contributed by atoms with van der Waals surface area (Å²) in [5.41, 5.74) is 3.25. The Morgan fingerprint density at radius 2 is 1.60 bits per heavy atom. The van der Waals surface area contributed by atoms with Gasteiger partial charge in [-0.25, -0.2) is 0 Å². The van der Waals surface area contributed by atoms with Crippen LogP contribution in [-0.2, 0) is 6.42 Å². The molecule has 98 valence electrons. The van der Waals surface area contributed by atoms with Crippen molar-refractivity contribution in [2.45, 2.75) is 6.42 Å². The first kappa shape index (κ1) is 12.4. The minimum Gasteiger partial charge on any atom is -0.505 e. The highest BCUT2D eigenvalue weighted by Crippen LogP contribution is 2.30. The molecule has 3 rings (SSSR count). The van der Waals surface area contributed by atoms with E-state index in [2.05, 4.69) is 9.97 Å². The fourth-order valence-corrected chi connectivity index (χ4v) is 2.14. The van der Waals surface area contributed by atoms with Gasteiger partial charge in [-0.05, 0) is 23.8 Å². The van der Waals surface area contributed by atoms with Crippen LogP contribution in [0, 0.1) is 0 Å². The molecule has 3 heteroatoms. The summed E-state index contributed by atoms with van der Waals surface area (Å²) in [4.78, 5) is 8.55. The number of pyridine rings is 2. The second-order valence-corrected chi connectivity index (χ2v) is 4.53. The lowest BCUT2D eigenvalue weighted by atomic mass is 10.0. The molecule has 0 fully saturated rings. The number of rotatable bonds is 3. The summed E-state index contributed by atoms with van der Waals surface area (Å²) in [5, 5.41) is 10.4. The molecule has 2 heterocycles. The topological polar surface area (TPSA) is 46.0 Å². The van der Waals surface area contributed by atoms with Gasteiger partial charge < -0.3 is 5.11 Å². The van der Waals surface area contributed by atoms with Crippen molar-refractivity contribution >= 4 is 0 Å². The van der Waals surface area contributed by atoms with Gasteiger partial charge in [0, 0.05) is 24.4 Å². The highest BCUT2D eigenvalue weighted by Gasteiger charge is 2.11. The van der Waals surface area contributed by atoms with E-state index < -0.39 is 0 Å². The molecule has 0 aliphatic rings. The Balaban J connectivity index is 1.98. The Hall–Kier alpha value is -2.68. The molecule has 0 radical (unpaired) electrons. The quantitative estimate of drug-likeness (QED) is 0.786. The van der Waals surface area contributed by atoms with E-state index in [1.54, 1.807) is 18.5 Å². The van der Waals surface area contributed by atoms with Gasteiger partial charge in [0.15, 0.2) is 0 Å². The molecule has 0 saturated heterocycles. The third-order valence-corrected chi connectivity index (χ3v) is 3.16. The zero-order valence-corrected chi connectivity index (χ0v) is 10.9. The van der Waals surface area contributed by atoms with Gasteiger partial charge in [0.25, 0.3) is 0 Å². The Labute approximate surface area is 117 Å². The Morgan fingerprint density at radius 3 is 2.35 bits per heavy atom. The highest BCUT2D eigenvalue weighted by atomic mass is 16.3. The molecular formula is C17H14N2O. The Morgan fingerprint density at radius 1 is 0.800 bits per heavy atom. The van der Waals surface area contributed by atoms with Crippen LogP contribution >= 0.6 is 0 Å². The lowest BCUT2D eigenvalue weighted by Crippen LogP contribution is -1.95. The van der Waals surface area contributed by atoms with Gasteiger partial charge in [-0.3, -0.25) is 9.97 Å². The van der Waals surface area contributed by atoms with Crippen molar-refractivity contribution in [1.82, 2.24) is 9.97 Å². The van der Waals surface area contributed by atoms with Crippen LogP contribution in [-0.4, -0.2) is 15.1 Å². The number of aromatic hydroxyl groups is 1. The van der Waals surface area contributed by atoms with E-state index in [1.165, 1.54) is 0 Å². The first-order valence-corrected chi connectivity index (χ1v) is 6.47. The Bertz CT molecular complexity index is 697. The maximum Gasteiger partial charge on any atom is 0.146 e. The van der Waals surface area contributed by atoms with Crippen LogP contribution in [0.15, 0.2) is 67.0 Å². The summed E-state index contributed by atoms with van der Waals surface area (Å²) in [6, 6.07) is 17.4. The van der Waals surface area contributed by atoms with Crippen LogP contribution in [0.25, 0.3) is 11.3 Å². The van der Waals surface area contributed by atoms with Gasteiger partial charge in [0.2, 0.25) is 0 Å². The molecule has 0 amide bonds. The van der Waals surface area contributed by atoms with Crippen LogP contribution in [0.4, 0.5) is 0 Å². The van der Waals surface area contributed by atoms with Crippen LogP contribution in [0.1, 0.15) is 11.3 Å². The summed E-state index contributed by atoms with van der Waals surface area (Å²) < 4.78 is 0. The molecule has 0 aliphatic heterocycles. The van der Waals surface area contributed by atoms with Gasteiger partial charge in [0.05, 0.1) is 11.4 Å². The van der Waals surface area contributed by atoms with E-state index in [0.29, 0.717) is 17.7 Å². The van der Waals surface area contributed by atoms with Crippen molar-refractivity contribution in [2.75, 3.05) is 0 Å². The smallest absolute Gasteiger partial charge is 0.146 e. The minimum absolute atomic E-state index is 0.204. The first-order valence-electron chi connectivity index (χ1n) is 6.47. The fraction of sp³-hybridized carbons (Fsp3) is 0.0588. The number of hydrogen-bond acceptors (Lipinski definition) is 3. The highest BCUT2D eigenvalue weighted by molar-refractivity contribution is 5.67. The molecule has 0 spiro atoms. The van der Waals surface area contributed by atoms with Crippen molar-refractivity contribution in [1.29, 1.82) is 0 Å². The predicted molar refractivity (Wildman–Crippen MR) is 78.4 cm³/mol. The van der Waals surface area contributed by atoms with Crippen molar-refractivity contribution < 1.29 is 5.11 Å². The first-order chi connectivity index (χ1) is 9.84. The zero-order chi connectivity index (χ0) is 13.8. The molecular weight excluding hydrogens is 248 g/mol. The summed E-state index contributed by atoms with van der Waals surface area (Å²) in [6.45, 7) is 0. The average molecular weight is 262 g/mol. The normalized spacial score (nSPS) is 10.4. The molecule has 20 heavy (non-hydrogen) atoms. The van der Waals surface area contributed by atoms with Crippen molar-refractivity contribution in [3.05, 3.63) is 78.2 Å². The number of hydrogen-bond donors (Lipinski definition) is 1. The van der Waals surface area contributed by atoms with E-state index in [4.69, 9.17) is 0 Å². The van der Waals surface area contributed by atoms with Crippen LogP contribution in [0.3, 0.4) is 0 Å². The number of benzene rings is 1. The maximum atomic E-state index is 10.4. The van der Waals surface area contributed by atoms with Crippen molar-refractivity contribution in [3.63, 3.8) is 0 Å². The second-order valence-electron chi connectivity index (χ2n) is 4.53. The van der Waals surface area contributed by atoms with Crippen molar-refractivity contribution in [3.8, 4) is 17.0 Å². The third-order valence-electron chi connectivity index (χ3n) is 3.16. The molecule has 0 bridgehead atoms. The molecule has 3 nitrogen and oxygen atoms in total. The zero-order valence-electron chi connectivity index (χ0n) is 10.9. The largest absolute Gasteiger partial charge is 0.505 e. The summed E-state index contributed by atoms with van der Waals surface area (Å²) >= 11 is 0. The second kappa shape index (κ2) is 5.53. The lowest BCUT2D eigenvalue weighted by Gasteiger charge is -2.08. The van der Waals surface area contributed by atoms with Gasteiger partial charge in [-0.2, -0.15) is 0 Å². The fourth-order valence-electron chi connectivity index (χ4n) is 2.14. The van der Waals surface area contributed by atoms with Crippen LogP contribution in [0.2, 0.25) is 0 Å². The Kier molecular flexibility index (Phi) is 3.42. The van der Waals surface area contributed by atoms with Gasteiger partial charge in [-0.15, -0.1) is 0 Å². The van der Waals surface area contributed by atoms with E-state index in [1.807, 2.05) is 48.5 Å². The third kappa shape index (κ3) is 2.52. The molecule has 0 unspecified atom stereocenters. The molecule has 1 N–H and O–H groups in total. The van der Waals surface area contributed by atoms with E-state index >= 15 is 0 Å². The number of aromatic nitrogens is 2. The molecule has 1 aromatic carbocycles. The van der Waals surface area contributed by atoms with Gasteiger partial charge >= 0.3 is 0 Å². The van der Waals surface area contributed by atoms with E-state index in [0.717, 1.165) is 11.3 Å². The lowest BCUT2D eigenvalue weighted by molar-refractivity contribution is 0.467. The predicted octanol–water partition coefficient (Wildman–Crippen LogP) is 3.44. The minimum atomic E-state index is 0.204. The summed E-state index contributed by atoms with van der Waals surface area (Å²) in [5.74, 6) is 0.204. The SMILES string of the molecule is Oc1c(-c2ccccn2)ccnc1Cc1ccccc1. The summed E-state index contributed by atoms with van der Waals surface area (Å²) in [7, 11) is 0. The molecule has 3 aromatic rings. The van der Waals surface area contributed by atoms with E-state index in [9.17, 15) is 5.11 Å². The molecule has 2 aromatic heterocycles. The molecule has 0 aliphatic carbocycles. The van der Waals surface area contributed by atoms with Gasteiger partial charge in [0.1, 0.15) is 5.75 Å². The van der Waals surface area contributed by atoms with Gasteiger partial charge in [-0.1, -0.05) is 36.4 Å².